The minimum Gasteiger partial charge on any atom is -0.321 e. The van der Waals surface area contributed by atoms with Crippen LogP contribution < -0.4 is 17.1 Å². The number of benzene rings is 1. The largest absolute Gasteiger partial charge is 0.321 e. The molecule has 0 fully saturated rings. The Labute approximate surface area is 196 Å². The summed E-state index contributed by atoms with van der Waals surface area (Å²) in [6, 6.07) is 11.8. The Morgan fingerprint density at radius 2 is 1.91 bits per heavy atom. The van der Waals surface area contributed by atoms with Crippen LogP contribution in [0, 0.1) is 5.92 Å². The van der Waals surface area contributed by atoms with Crippen molar-refractivity contribution in [3.8, 4) is 11.3 Å². The topological polar surface area (TPSA) is 120 Å². The minimum atomic E-state index is 0.407. The number of pyridine rings is 1. The fourth-order valence-electron chi connectivity index (χ4n) is 3.94. The molecule has 33 heavy (non-hydrogen) atoms. The highest BCUT2D eigenvalue weighted by Crippen LogP contribution is 2.22. The first-order valence-electron chi connectivity index (χ1n) is 11.8. The number of hydrazine groups is 1. The summed E-state index contributed by atoms with van der Waals surface area (Å²) < 4.78 is 2.05. The van der Waals surface area contributed by atoms with Gasteiger partial charge in [-0.3, -0.25) is 4.98 Å². The van der Waals surface area contributed by atoms with Crippen molar-refractivity contribution in [3.05, 3.63) is 65.4 Å². The van der Waals surface area contributed by atoms with Crippen molar-refractivity contribution in [1.82, 2.24) is 25.2 Å². The molecule has 3 rings (SSSR count). The summed E-state index contributed by atoms with van der Waals surface area (Å²) in [7, 11) is 0. The lowest BCUT2D eigenvalue weighted by atomic mass is 9.99. The van der Waals surface area contributed by atoms with Crippen LogP contribution in [-0.4, -0.2) is 25.6 Å². The number of rotatable bonds is 11. The third kappa shape index (κ3) is 6.16. The molecule has 0 saturated carbocycles. The van der Waals surface area contributed by atoms with E-state index in [-0.39, 0.29) is 0 Å². The van der Waals surface area contributed by atoms with Gasteiger partial charge in [-0.1, -0.05) is 70.4 Å². The Balaban J connectivity index is 1.83. The van der Waals surface area contributed by atoms with Crippen molar-refractivity contribution < 1.29 is 0 Å². The number of aromatic nitrogens is 4. The number of nitrogens with zero attached hydrogens (tertiary/aromatic N) is 5. The molecule has 0 unspecified atom stereocenters. The molecule has 2 heterocycles. The average Bonchev–Trinajstić information content (AvgIpc) is 3.23. The molecule has 0 spiro atoms. The normalized spacial score (nSPS) is 11.8. The second-order valence-corrected chi connectivity index (χ2v) is 8.31. The molecule has 0 aliphatic carbocycles. The van der Waals surface area contributed by atoms with Gasteiger partial charge in [0.15, 0.2) is 11.7 Å². The van der Waals surface area contributed by atoms with E-state index in [9.17, 15) is 0 Å². The third-order valence-electron chi connectivity index (χ3n) is 6.05. The molecular weight excluding hydrogens is 412 g/mol. The van der Waals surface area contributed by atoms with Gasteiger partial charge in [-0.05, 0) is 24.0 Å². The molecule has 8 heteroatoms. The maximum atomic E-state index is 5.57. The van der Waals surface area contributed by atoms with Crippen LogP contribution in [0.25, 0.3) is 11.3 Å². The van der Waals surface area contributed by atoms with Gasteiger partial charge in [0.1, 0.15) is 5.82 Å². The molecule has 0 saturated heterocycles. The van der Waals surface area contributed by atoms with Gasteiger partial charge in [0.2, 0.25) is 0 Å². The molecular formula is C25H36N8. The first kappa shape index (κ1) is 24.4. The number of unbranched alkanes of at least 4 members (excludes halogenated alkanes) is 1. The third-order valence-corrected chi connectivity index (χ3v) is 6.05. The summed E-state index contributed by atoms with van der Waals surface area (Å²) in [6.07, 6.45) is 8.32. The number of nitrogens with two attached hydrogens (primary N) is 2. The smallest absolute Gasteiger partial charge is 0.167 e. The second-order valence-electron chi connectivity index (χ2n) is 8.31. The molecule has 0 atom stereocenters. The van der Waals surface area contributed by atoms with Crippen LogP contribution in [0.3, 0.4) is 0 Å². The number of hydrogen-bond acceptors (Lipinski definition) is 6. The van der Waals surface area contributed by atoms with Gasteiger partial charge in [-0.2, -0.15) is 10.2 Å². The number of hydrogen-bond donors (Lipinski definition) is 3. The van der Waals surface area contributed by atoms with E-state index in [2.05, 4.69) is 42.0 Å². The van der Waals surface area contributed by atoms with Crippen LogP contribution >= 0.6 is 0 Å². The van der Waals surface area contributed by atoms with Crippen molar-refractivity contribution in [1.29, 1.82) is 0 Å². The Bertz CT molecular complexity index is 1030. The number of aryl methyl sites for hydroxylation is 1. The van der Waals surface area contributed by atoms with E-state index >= 15 is 0 Å². The number of nitrogens with one attached hydrogen (secondary N) is 1. The van der Waals surface area contributed by atoms with Gasteiger partial charge in [0.05, 0.1) is 12.2 Å². The zero-order chi connectivity index (χ0) is 23.6. The molecule has 0 aliphatic rings. The summed E-state index contributed by atoms with van der Waals surface area (Å²) in [6.45, 7) is 7.33. The van der Waals surface area contributed by atoms with E-state index in [1.165, 1.54) is 0 Å². The Morgan fingerprint density at radius 1 is 1.12 bits per heavy atom. The maximum Gasteiger partial charge on any atom is 0.167 e. The summed E-state index contributed by atoms with van der Waals surface area (Å²) in [4.78, 5) is 9.59. The summed E-state index contributed by atoms with van der Waals surface area (Å²) in [5.41, 5.74) is 6.16. The Morgan fingerprint density at radius 3 is 2.55 bits per heavy atom. The fourth-order valence-corrected chi connectivity index (χ4v) is 3.94. The molecule has 8 nitrogen and oxygen atoms in total. The fraction of sp³-hybridized carbons (Fsp3) is 0.440. The van der Waals surface area contributed by atoms with Crippen molar-refractivity contribution in [2.45, 2.75) is 65.8 Å². The van der Waals surface area contributed by atoms with Crippen LogP contribution in [0.4, 0.5) is 0 Å². The highest BCUT2D eigenvalue weighted by Gasteiger charge is 2.15. The van der Waals surface area contributed by atoms with Gasteiger partial charge >= 0.3 is 0 Å². The average molecular weight is 449 g/mol. The lowest BCUT2D eigenvalue weighted by Gasteiger charge is -2.11. The molecule has 0 amide bonds. The van der Waals surface area contributed by atoms with Crippen molar-refractivity contribution >= 4 is 5.84 Å². The van der Waals surface area contributed by atoms with E-state index in [1.54, 1.807) is 0 Å². The highest BCUT2D eigenvalue weighted by atomic mass is 15.3. The quantitative estimate of drug-likeness (QED) is 0.178. The van der Waals surface area contributed by atoms with Gasteiger partial charge in [-0.25, -0.2) is 15.5 Å². The van der Waals surface area contributed by atoms with Crippen molar-refractivity contribution in [3.63, 3.8) is 0 Å². The molecule has 0 aliphatic heterocycles. The minimum absolute atomic E-state index is 0.407. The lowest BCUT2D eigenvalue weighted by molar-refractivity contribution is 0.476. The molecule has 0 bridgehead atoms. The zero-order valence-electron chi connectivity index (χ0n) is 20.0. The monoisotopic (exact) mass is 448 g/mol. The van der Waals surface area contributed by atoms with Crippen LogP contribution in [-0.2, 0) is 19.4 Å². The predicted octanol–water partition coefficient (Wildman–Crippen LogP) is 3.79. The van der Waals surface area contributed by atoms with E-state index in [4.69, 9.17) is 26.8 Å². The molecule has 176 valence electrons. The molecule has 1 aromatic carbocycles. The molecule has 2 aromatic heterocycles. The van der Waals surface area contributed by atoms with Crippen LogP contribution in [0.2, 0.25) is 0 Å². The predicted molar refractivity (Wildman–Crippen MR) is 133 cm³/mol. The number of amidine groups is 1. The summed E-state index contributed by atoms with van der Waals surface area (Å²) in [5, 5.41) is 8.60. The zero-order valence-corrected chi connectivity index (χ0v) is 20.0. The number of hydrazone groups is 1. The van der Waals surface area contributed by atoms with Crippen molar-refractivity contribution in [2.24, 2.45) is 22.7 Å². The van der Waals surface area contributed by atoms with Crippen LogP contribution in [0.15, 0.2) is 47.7 Å². The highest BCUT2D eigenvalue weighted by molar-refractivity contribution is 6.03. The maximum absolute atomic E-state index is 5.57. The summed E-state index contributed by atoms with van der Waals surface area (Å²) in [5.74, 6) is 14.1. The Hall–Kier alpha value is -3.26. The van der Waals surface area contributed by atoms with Gasteiger partial charge < -0.3 is 11.3 Å². The second kappa shape index (κ2) is 12.1. The van der Waals surface area contributed by atoms with E-state index < -0.39 is 0 Å². The first-order valence-corrected chi connectivity index (χ1v) is 11.8. The van der Waals surface area contributed by atoms with E-state index in [0.29, 0.717) is 18.3 Å². The summed E-state index contributed by atoms with van der Waals surface area (Å²) >= 11 is 0. The standard InChI is InChI=1S/C25H36N8/c1-4-7-12-24-29-23(15-18(5-2)6-3)32-33(24)17-19-13-14-22(28-16-19)20-10-8-9-11-21(20)25(30-26)31-27/h8-11,13-14,16,18H,4-7,12,15,17,26-27H2,1-3H3,(H,30,31). The van der Waals surface area contributed by atoms with Crippen LogP contribution in [0.5, 0.6) is 0 Å². The molecule has 3 aromatic rings. The van der Waals surface area contributed by atoms with E-state index in [1.807, 2.05) is 36.5 Å². The van der Waals surface area contributed by atoms with Crippen LogP contribution in [0.1, 0.15) is 69.2 Å². The lowest BCUT2D eigenvalue weighted by Crippen LogP contribution is -2.32. The molecule has 0 radical (unpaired) electrons. The van der Waals surface area contributed by atoms with Crippen molar-refractivity contribution in [2.75, 3.05) is 0 Å². The molecule has 5 N–H and O–H groups in total. The Kier molecular flexibility index (Phi) is 8.95. The first-order chi connectivity index (χ1) is 16.1. The van der Waals surface area contributed by atoms with Gasteiger partial charge in [-0.15, -0.1) is 0 Å². The van der Waals surface area contributed by atoms with Gasteiger partial charge in [0.25, 0.3) is 0 Å². The van der Waals surface area contributed by atoms with Gasteiger partial charge in [0, 0.05) is 30.2 Å². The SMILES string of the molecule is CCCCc1nc(CC(CC)CC)nn1Cc1ccc(-c2ccccc2/C(=N/N)NN)nc1. The van der Waals surface area contributed by atoms with E-state index in [0.717, 1.165) is 72.6 Å².